The second-order valence-corrected chi connectivity index (χ2v) is 9.16. The molecule has 1 amide bonds. The Hall–Kier alpha value is -3.32. The molecular formula is C24H26N2O4S. The van der Waals surface area contributed by atoms with E-state index in [1.807, 2.05) is 64.1 Å². The summed E-state index contributed by atoms with van der Waals surface area (Å²) in [5.74, 6) is 0.291. The first kappa shape index (κ1) is 22.4. The van der Waals surface area contributed by atoms with Crippen LogP contribution in [0.5, 0.6) is 5.75 Å². The van der Waals surface area contributed by atoms with E-state index in [0.717, 1.165) is 22.3 Å². The number of carbonyl (C=O) groups excluding carboxylic acids is 1. The molecule has 0 radical (unpaired) electrons. The lowest BCUT2D eigenvalue weighted by atomic mass is 10.1. The third-order valence-electron chi connectivity index (χ3n) is 5.01. The molecule has 3 aromatic carbocycles. The maximum absolute atomic E-state index is 12.7. The van der Waals surface area contributed by atoms with Gasteiger partial charge in [-0.1, -0.05) is 24.3 Å². The maximum atomic E-state index is 12.7. The first-order valence-corrected chi connectivity index (χ1v) is 11.3. The van der Waals surface area contributed by atoms with Gasteiger partial charge in [0.2, 0.25) is 0 Å². The Labute approximate surface area is 183 Å². The highest BCUT2D eigenvalue weighted by molar-refractivity contribution is 7.92. The predicted molar refractivity (Wildman–Crippen MR) is 123 cm³/mol. The molecule has 0 fully saturated rings. The van der Waals surface area contributed by atoms with Crippen LogP contribution in [-0.4, -0.2) is 20.9 Å². The van der Waals surface area contributed by atoms with Crippen molar-refractivity contribution in [2.75, 3.05) is 16.6 Å². The van der Waals surface area contributed by atoms with Crippen LogP contribution in [0, 0.1) is 27.7 Å². The van der Waals surface area contributed by atoms with Crippen LogP contribution in [0.2, 0.25) is 0 Å². The molecule has 0 heterocycles. The fourth-order valence-corrected chi connectivity index (χ4v) is 4.24. The minimum Gasteiger partial charge on any atom is -0.484 e. The first-order chi connectivity index (χ1) is 14.7. The Balaban J connectivity index is 1.62. The number of nitrogens with one attached hydrogen (secondary N) is 2. The molecule has 0 aliphatic carbocycles. The molecule has 31 heavy (non-hydrogen) atoms. The molecular weight excluding hydrogens is 412 g/mol. The van der Waals surface area contributed by atoms with Gasteiger partial charge in [-0.2, -0.15) is 0 Å². The molecule has 0 bridgehead atoms. The summed E-state index contributed by atoms with van der Waals surface area (Å²) < 4.78 is 33.6. The Kier molecular flexibility index (Phi) is 6.65. The van der Waals surface area contributed by atoms with Gasteiger partial charge in [0.05, 0.1) is 10.6 Å². The van der Waals surface area contributed by atoms with E-state index in [4.69, 9.17) is 4.74 Å². The van der Waals surface area contributed by atoms with Gasteiger partial charge in [0.1, 0.15) is 5.75 Å². The summed E-state index contributed by atoms with van der Waals surface area (Å²) >= 11 is 0. The molecule has 0 unspecified atom stereocenters. The molecule has 7 heteroatoms. The number of hydrogen-bond donors (Lipinski definition) is 2. The molecule has 162 valence electrons. The van der Waals surface area contributed by atoms with Crippen molar-refractivity contribution in [3.05, 3.63) is 82.9 Å². The van der Waals surface area contributed by atoms with Crippen LogP contribution in [0.3, 0.4) is 0 Å². The number of amides is 1. The summed E-state index contributed by atoms with van der Waals surface area (Å²) in [6.07, 6.45) is 0. The Bertz CT molecular complexity index is 1180. The van der Waals surface area contributed by atoms with Crippen molar-refractivity contribution in [3.63, 3.8) is 0 Å². The van der Waals surface area contributed by atoms with Crippen LogP contribution in [0.4, 0.5) is 11.4 Å². The normalized spacial score (nSPS) is 11.1. The molecule has 6 nitrogen and oxygen atoms in total. The standard InChI is InChI=1S/C24H26N2O4S/c1-16-8-11-21(14-19(16)4)30-15-23(27)25-20-9-12-22(13-10-20)31(28,29)26-24-17(2)6-5-7-18(24)3/h5-14,26H,15H2,1-4H3,(H,25,27). The van der Waals surface area contributed by atoms with Gasteiger partial charge in [-0.25, -0.2) is 8.42 Å². The summed E-state index contributed by atoms with van der Waals surface area (Å²) in [6, 6.07) is 17.2. The molecule has 0 atom stereocenters. The minimum atomic E-state index is -3.74. The molecule has 0 spiro atoms. The zero-order chi connectivity index (χ0) is 22.6. The van der Waals surface area contributed by atoms with E-state index in [1.54, 1.807) is 12.1 Å². The highest BCUT2D eigenvalue weighted by atomic mass is 32.2. The minimum absolute atomic E-state index is 0.111. The van der Waals surface area contributed by atoms with Crippen LogP contribution in [0.25, 0.3) is 0 Å². The second-order valence-electron chi connectivity index (χ2n) is 7.48. The highest BCUT2D eigenvalue weighted by Gasteiger charge is 2.16. The molecule has 3 aromatic rings. The lowest BCUT2D eigenvalue weighted by molar-refractivity contribution is -0.118. The van der Waals surface area contributed by atoms with Gasteiger partial charge >= 0.3 is 0 Å². The number of sulfonamides is 1. The van der Waals surface area contributed by atoms with E-state index in [2.05, 4.69) is 10.0 Å². The van der Waals surface area contributed by atoms with Crippen molar-refractivity contribution in [2.45, 2.75) is 32.6 Å². The predicted octanol–water partition coefficient (Wildman–Crippen LogP) is 4.74. The fraction of sp³-hybridized carbons (Fsp3) is 0.208. The average molecular weight is 439 g/mol. The Morgan fingerprint density at radius 3 is 2.10 bits per heavy atom. The Morgan fingerprint density at radius 2 is 1.48 bits per heavy atom. The first-order valence-electron chi connectivity index (χ1n) is 9.85. The van der Waals surface area contributed by atoms with Crippen molar-refractivity contribution in [3.8, 4) is 5.75 Å². The third-order valence-corrected chi connectivity index (χ3v) is 6.38. The van der Waals surface area contributed by atoms with Gasteiger partial charge < -0.3 is 10.1 Å². The number of para-hydroxylation sites is 1. The summed E-state index contributed by atoms with van der Waals surface area (Å²) in [5.41, 5.74) is 4.98. The van der Waals surface area contributed by atoms with Gasteiger partial charge in [0.15, 0.2) is 6.61 Å². The number of benzene rings is 3. The number of aryl methyl sites for hydroxylation is 4. The van der Waals surface area contributed by atoms with Crippen LogP contribution in [-0.2, 0) is 14.8 Å². The monoisotopic (exact) mass is 438 g/mol. The zero-order valence-corrected chi connectivity index (χ0v) is 18.8. The van der Waals surface area contributed by atoms with Gasteiger partial charge in [0.25, 0.3) is 15.9 Å². The van der Waals surface area contributed by atoms with Crippen LogP contribution in [0.15, 0.2) is 65.6 Å². The summed E-state index contributed by atoms with van der Waals surface area (Å²) in [4.78, 5) is 12.3. The topological polar surface area (TPSA) is 84.5 Å². The summed E-state index contributed by atoms with van der Waals surface area (Å²) in [7, 11) is -3.74. The fourth-order valence-electron chi connectivity index (χ4n) is 3.04. The molecule has 3 rings (SSSR count). The molecule has 0 saturated carbocycles. The van der Waals surface area contributed by atoms with Crippen molar-refractivity contribution in [1.29, 1.82) is 0 Å². The maximum Gasteiger partial charge on any atom is 0.262 e. The summed E-state index contributed by atoms with van der Waals surface area (Å²) in [5, 5.41) is 2.71. The third kappa shape index (κ3) is 5.64. The van der Waals surface area contributed by atoms with E-state index in [1.165, 1.54) is 12.1 Å². The van der Waals surface area contributed by atoms with E-state index in [9.17, 15) is 13.2 Å². The van der Waals surface area contributed by atoms with Gasteiger partial charge in [0, 0.05) is 5.69 Å². The molecule has 0 aromatic heterocycles. The van der Waals surface area contributed by atoms with Crippen molar-refractivity contribution >= 4 is 27.3 Å². The van der Waals surface area contributed by atoms with Crippen LogP contribution < -0.4 is 14.8 Å². The number of carbonyl (C=O) groups is 1. The van der Waals surface area contributed by atoms with E-state index < -0.39 is 10.0 Å². The van der Waals surface area contributed by atoms with Crippen LogP contribution >= 0.6 is 0 Å². The lowest BCUT2D eigenvalue weighted by Crippen LogP contribution is -2.20. The number of rotatable bonds is 7. The smallest absolute Gasteiger partial charge is 0.262 e. The molecule has 0 aliphatic heterocycles. The van der Waals surface area contributed by atoms with Gasteiger partial charge in [-0.3, -0.25) is 9.52 Å². The number of anilines is 2. The van der Waals surface area contributed by atoms with E-state index in [0.29, 0.717) is 17.1 Å². The number of hydrogen-bond acceptors (Lipinski definition) is 4. The largest absolute Gasteiger partial charge is 0.484 e. The van der Waals surface area contributed by atoms with Crippen LogP contribution in [0.1, 0.15) is 22.3 Å². The van der Waals surface area contributed by atoms with Crippen molar-refractivity contribution < 1.29 is 17.9 Å². The Morgan fingerprint density at radius 1 is 0.839 bits per heavy atom. The van der Waals surface area contributed by atoms with E-state index >= 15 is 0 Å². The molecule has 2 N–H and O–H groups in total. The van der Waals surface area contributed by atoms with Gasteiger partial charge in [-0.15, -0.1) is 0 Å². The second kappa shape index (κ2) is 9.22. The highest BCUT2D eigenvalue weighted by Crippen LogP contribution is 2.24. The van der Waals surface area contributed by atoms with E-state index in [-0.39, 0.29) is 17.4 Å². The van der Waals surface area contributed by atoms with Gasteiger partial charge in [-0.05, 0) is 86.3 Å². The number of ether oxygens (including phenoxy) is 1. The zero-order valence-electron chi connectivity index (χ0n) is 18.0. The average Bonchev–Trinajstić information content (AvgIpc) is 2.72. The van der Waals surface area contributed by atoms with Crippen molar-refractivity contribution in [1.82, 2.24) is 0 Å². The lowest BCUT2D eigenvalue weighted by Gasteiger charge is -2.13. The van der Waals surface area contributed by atoms with Crippen molar-refractivity contribution in [2.24, 2.45) is 0 Å². The summed E-state index contributed by atoms with van der Waals surface area (Å²) in [6.45, 7) is 7.55. The SMILES string of the molecule is Cc1ccc(OCC(=O)Nc2ccc(S(=O)(=O)Nc3c(C)cccc3C)cc2)cc1C. The molecule has 0 saturated heterocycles. The molecule has 0 aliphatic rings. The quantitative estimate of drug-likeness (QED) is 0.558.